The van der Waals surface area contributed by atoms with Crippen molar-refractivity contribution in [1.29, 1.82) is 0 Å². The van der Waals surface area contributed by atoms with Gasteiger partial charge in [0.15, 0.2) is 0 Å². The van der Waals surface area contributed by atoms with Crippen LogP contribution in [0.5, 0.6) is 0 Å². The molecule has 0 fully saturated rings. The maximum atomic E-state index is 2.68. The van der Waals surface area contributed by atoms with Gasteiger partial charge in [-0.05, 0) is 103 Å². The third-order valence-corrected chi connectivity index (χ3v) is 13.8. The van der Waals surface area contributed by atoms with Crippen molar-refractivity contribution in [2.24, 2.45) is 0 Å². The van der Waals surface area contributed by atoms with Crippen molar-refractivity contribution in [3.8, 4) is 22.3 Å². The number of fused-ring (bicyclic) bond motifs is 10. The lowest BCUT2D eigenvalue weighted by atomic mass is 9.43. The molecule has 2 nitrogen and oxygen atoms in total. The van der Waals surface area contributed by atoms with Crippen LogP contribution in [-0.2, 0) is 10.8 Å². The van der Waals surface area contributed by atoms with E-state index >= 15 is 0 Å². The van der Waals surface area contributed by atoms with Crippen molar-refractivity contribution in [2.75, 3.05) is 9.71 Å². The smallest absolute Gasteiger partial charge is 0.334 e. The Hall–Kier alpha value is -6.10. The molecule has 9 aromatic rings. The monoisotopic (exact) mass is 764 g/mol. The molecular formula is C54H45BN2S. The van der Waals surface area contributed by atoms with E-state index in [1.165, 1.54) is 104 Å². The average Bonchev–Trinajstić information content (AvgIpc) is 3.62. The number of anilines is 5. The summed E-state index contributed by atoms with van der Waals surface area (Å²) in [6.07, 6.45) is 0. The van der Waals surface area contributed by atoms with Crippen molar-refractivity contribution in [3.63, 3.8) is 0 Å². The van der Waals surface area contributed by atoms with Gasteiger partial charge in [-0.2, -0.15) is 0 Å². The highest BCUT2D eigenvalue weighted by atomic mass is 32.1. The van der Waals surface area contributed by atoms with Crippen LogP contribution >= 0.6 is 11.3 Å². The summed E-state index contributed by atoms with van der Waals surface area (Å²) in [7, 11) is 0. The largest absolute Gasteiger partial charge is 0.376 e. The van der Waals surface area contributed by atoms with Crippen LogP contribution in [0.15, 0.2) is 164 Å². The van der Waals surface area contributed by atoms with Crippen LogP contribution < -0.4 is 20.6 Å². The van der Waals surface area contributed by atoms with E-state index in [4.69, 9.17) is 0 Å². The number of thiophene rings is 1. The Bertz CT molecular complexity index is 3090. The lowest BCUT2D eigenvalue weighted by molar-refractivity contribution is 0.590. The predicted octanol–water partition coefficient (Wildman–Crippen LogP) is 14.2. The van der Waals surface area contributed by atoms with Gasteiger partial charge in [0.1, 0.15) is 0 Å². The molecule has 3 heterocycles. The molecule has 0 N–H and O–H groups in total. The number of para-hydroxylation sites is 1. The first-order valence-corrected chi connectivity index (χ1v) is 21.4. The molecule has 2 aliphatic heterocycles. The van der Waals surface area contributed by atoms with Crippen LogP contribution in [0.1, 0.15) is 52.7 Å². The van der Waals surface area contributed by atoms with Crippen LogP contribution in [0.4, 0.5) is 28.4 Å². The first-order chi connectivity index (χ1) is 28.1. The Balaban J connectivity index is 1.33. The van der Waals surface area contributed by atoms with Crippen molar-refractivity contribution in [2.45, 2.75) is 52.4 Å². The van der Waals surface area contributed by atoms with Crippen LogP contribution in [0, 0.1) is 0 Å². The van der Waals surface area contributed by atoms with Gasteiger partial charge in [-0.1, -0.05) is 157 Å². The fraction of sp³-hybridized carbons (Fsp3) is 0.148. The molecule has 0 amide bonds. The predicted molar refractivity (Wildman–Crippen MR) is 253 cm³/mol. The van der Waals surface area contributed by atoms with E-state index in [9.17, 15) is 0 Å². The molecule has 0 spiro atoms. The fourth-order valence-corrected chi connectivity index (χ4v) is 10.9. The molecule has 2 aliphatic rings. The van der Waals surface area contributed by atoms with Crippen LogP contribution in [-0.4, -0.2) is 6.85 Å². The third kappa shape index (κ3) is 5.24. The number of hydrogen-bond donors (Lipinski definition) is 0. The summed E-state index contributed by atoms with van der Waals surface area (Å²) >= 11 is 1.94. The molecule has 8 aromatic carbocycles. The average molecular weight is 765 g/mol. The number of nitrogens with zero attached hydrogens (tertiary/aromatic N) is 2. The second kappa shape index (κ2) is 12.7. The zero-order valence-electron chi connectivity index (χ0n) is 34.0. The summed E-state index contributed by atoms with van der Waals surface area (Å²) in [5.41, 5.74) is 16.6. The van der Waals surface area contributed by atoms with Crippen molar-refractivity contribution >= 4 is 88.5 Å². The Morgan fingerprint density at radius 3 is 1.90 bits per heavy atom. The number of hydrogen-bond acceptors (Lipinski definition) is 3. The van der Waals surface area contributed by atoms with Gasteiger partial charge in [-0.15, -0.1) is 11.3 Å². The van der Waals surface area contributed by atoms with E-state index < -0.39 is 0 Å². The Morgan fingerprint density at radius 2 is 1.12 bits per heavy atom. The van der Waals surface area contributed by atoms with Gasteiger partial charge in [-0.25, -0.2) is 0 Å². The molecule has 0 aliphatic carbocycles. The molecule has 4 heteroatoms. The maximum absolute atomic E-state index is 2.68. The standard InChI is InChI=1S/C54H45BN2S/c1-53(2,3)36-24-27-38(28-25-36)57-45-30-26-37(54(4,5)6)33-43(45)49-40-20-11-10-18-35(40)32-47-50(49)55(57)51-46(31-29-42-41-21-13-15-23-48(41)58-52(42)51)56(47)44-22-14-12-19-39(44)34-16-8-7-9-17-34/h7-33H,1-6H3. The topological polar surface area (TPSA) is 6.48 Å². The second-order valence-electron chi connectivity index (χ2n) is 18.1. The second-order valence-corrected chi connectivity index (χ2v) is 19.2. The van der Waals surface area contributed by atoms with Gasteiger partial charge in [0, 0.05) is 54.0 Å². The maximum Gasteiger partial charge on any atom is 0.334 e. The normalized spacial score (nSPS) is 13.6. The van der Waals surface area contributed by atoms with Crippen molar-refractivity contribution < 1.29 is 0 Å². The number of benzene rings is 8. The molecule has 0 atom stereocenters. The first kappa shape index (κ1) is 35.1. The van der Waals surface area contributed by atoms with Crippen LogP contribution in [0.2, 0.25) is 0 Å². The molecule has 1 aromatic heterocycles. The summed E-state index contributed by atoms with van der Waals surface area (Å²) < 4.78 is 2.67. The van der Waals surface area contributed by atoms with Crippen LogP contribution in [0.25, 0.3) is 53.2 Å². The minimum atomic E-state index is -0.0880. The summed E-state index contributed by atoms with van der Waals surface area (Å²) in [5, 5.41) is 5.18. The van der Waals surface area contributed by atoms with Gasteiger partial charge >= 0.3 is 6.85 Å². The van der Waals surface area contributed by atoms with Crippen molar-refractivity contribution in [3.05, 3.63) is 175 Å². The lowest BCUT2D eigenvalue weighted by Crippen LogP contribution is -2.61. The van der Waals surface area contributed by atoms with Crippen LogP contribution in [0.3, 0.4) is 0 Å². The molecule has 0 saturated carbocycles. The molecular weight excluding hydrogens is 719 g/mol. The highest BCUT2D eigenvalue weighted by molar-refractivity contribution is 7.27. The molecule has 11 rings (SSSR count). The SMILES string of the molecule is CC(C)(C)c1ccc(N2B3c4c(cc5ccccc5c4-c4cc(C(C)(C)C)ccc42)N(c2ccccc2-c2ccccc2)c2ccc4c(sc5ccccc54)c23)cc1. The highest BCUT2D eigenvalue weighted by Crippen LogP contribution is 2.52. The molecule has 280 valence electrons. The highest BCUT2D eigenvalue weighted by Gasteiger charge is 2.47. The summed E-state index contributed by atoms with van der Waals surface area (Å²) in [4.78, 5) is 5.28. The number of rotatable bonds is 3. The van der Waals surface area contributed by atoms with Crippen molar-refractivity contribution in [1.82, 2.24) is 0 Å². The van der Waals surface area contributed by atoms with Gasteiger partial charge in [-0.3, -0.25) is 0 Å². The van der Waals surface area contributed by atoms with Gasteiger partial charge in [0.25, 0.3) is 0 Å². The van der Waals surface area contributed by atoms with E-state index in [0.29, 0.717) is 0 Å². The van der Waals surface area contributed by atoms with Gasteiger partial charge in [0.2, 0.25) is 0 Å². The zero-order valence-corrected chi connectivity index (χ0v) is 34.8. The minimum absolute atomic E-state index is 0.0216. The quantitative estimate of drug-likeness (QED) is 0.165. The van der Waals surface area contributed by atoms with E-state index in [2.05, 4.69) is 215 Å². The van der Waals surface area contributed by atoms with E-state index in [1.54, 1.807) is 0 Å². The molecule has 58 heavy (non-hydrogen) atoms. The lowest BCUT2D eigenvalue weighted by Gasteiger charge is -2.46. The minimum Gasteiger partial charge on any atom is -0.376 e. The Kier molecular flexibility index (Phi) is 7.69. The molecule has 0 bridgehead atoms. The summed E-state index contributed by atoms with van der Waals surface area (Å²) in [6, 6.07) is 61.9. The first-order valence-electron chi connectivity index (χ1n) is 20.6. The van der Waals surface area contributed by atoms with E-state index in [1.807, 2.05) is 11.3 Å². The third-order valence-electron chi connectivity index (χ3n) is 12.5. The molecule has 0 saturated heterocycles. The van der Waals surface area contributed by atoms with Gasteiger partial charge in [0.05, 0.1) is 5.69 Å². The molecule has 0 unspecified atom stereocenters. The Labute approximate surface area is 346 Å². The van der Waals surface area contributed by atoms with E-state index in [0.717, 1.165) is 0 Å². The Morgan fingerprint density at radius 1 is 0.466 bits per heavy atom. The zero-order chi connectivity index (χ0) is 39.5. The summed E-state index contributed by atoms with van der Waals surface area (Å²) in [5.74, 6) is 0. The fourth-order valence-electron chi connectivity index (χ4n) is 9.64. The van der Waals surface area contributed by atoms with E-state index in [-0.39, 0.29) is 17.7 Å². The van der Waals surface area contributed by atoms with Gasteiger partial charge < -0.3 is 9.71 Å². The summed E-state index contributed by atoms with van der Waals surface area (Å²) in [6.45, 7) is 13.8. The molecule has 0 radical (unpaired) electrons.